The highest BCUT2D eigenvalue weighted by molar-refractivity contribution is 6.11. The molecule has 0 unspecified atom stereocenters. The average molecular weight is 258 g/mol. The summed E-state index contributed by atoms with van der Waals surface area (Å²) in [5, 5.41) is 0. The summed E-state index contributed by atoms with van der Waals surface area (Å²) in [4.78, 5) is 23.8. The summed E-state index contributed by atoms with van der Waals surface area (Å²) in [7, 11) is 0. The fraction of sp³-hybridized carbons (Fsp3) is 0.412. The fourth-order valence-corrected chi connectivity index (χ4v) is 1.92. The maximum Gasteiger partial charge on any atom is 0.188 e. The van der Waals surface area contributed by atoms with Gasteiger partial charge in [0.05, 0.1) is 0 Å². The van der Waals surface area contributed by atoms with E-state index >= 15 is 0 Å². The molecule has 0 amide bonds. The number of benzene rings is 1. The molecule has 2 heteroatoms. The third-order valence-corrected chi connectivity index (χ3v) is 3.05. The summed E-state index contributed by atoms with van der Waals surface area (Å²) in [6.45, 7) is 3.85. The number of allylic oxidation sites excluding steroid dienone is 2. The van der Waals surface area contributed by atoms with E-state index in [4.69, 9.17) is 0 Å². The van der Waals surface area contributed by atoms with Crippen LogP contribution < -0.4 is 0 Å². The van der Waals surface area contributed by atoms with Gasteiger partial charge in [0.2, 0.25) is 0 Å². The van der Waals surface area contributed by atoms with Gasteiger partial charge >= 0.3 is 0 Å². The van der Waals surface area contributed by atoms with Gasteiger partial charge in [-0.2, -0.15) is 0 Å². The zero-order valence-corrected chi connectivity index (χ0v) is 11.8. The van der Waals surface area contributed by atoms with Crippen LogP contribution >= 0.6 is 0 Å². The Kier molecular flexibility index (Phi) is 6.80. The van der Waals surface area contributed by atoms with Crippen molar-refractivity contribution in [3.05, 3.63) is 47.5 Å². The first-order valence-corrected chi connectivity index (χ1v) is 6.96. The first-order chi connectivity index (χ1) is 9.15. The number of rotatable bonds is 8. The molecule has 1 aromatic rings. The van der Waals surface area contributed by atoms with Crippen molar-refractivity contribution >= 4 is 11.6 Å². The lowest BCUT2D eigenvalue weighted by Gasteiger charge is -2.01. The number of ketones is 2. The summed E-state index contributed by atoms with van der Waals surface area (Å²) in [5.74, 6) is -0.0135. The predicted octanol–water partition coefficient (Wildman–Crippen LogP) is 4.36. The molecule has 102 valence electrons. The van der Waals surface area contributed by atoms with Crippen LogP contribution in [0.25, 0.3) is 0 Å². The predicted molar refractivity (Wildman–Crippen MR) is 78.3 cm³/mol. The molecule has 0 saturated heterocycles. The number of hydrogen-bond acceptors (Lipinski definition) is 2. The van der Waals surface area contributed by atoms with Gasteiger partial charge in [-0.05, 0) is 19.4 Å². The molecule has 0 N–H and O–H groups in total. The molecule has 1 aromatic carbocycles. The molecule has 0 saturated carbocycles. The Morgan fingerprint density at radius 2 is 1.74 bits per heavy atom. The molecular formula is C17H22O2. The molecular weight excluding hydrogens is 236 g/mol. The lowest BCUT2D eigenvalue weighted by atomic mass is 10.0. The first-order valence-electron chi connectivity index (χ1n) is 6.96. The lowest BCUT2D eigenvalue weighted by Crippen LogP contribution is -2.03. The van der Waals surface area contributed by atoms with Gasteiger partial charge in [0.1, 0.15) is 0 Å². The Labute approximate surface area is 115 Å². The number of carbonyl (C=O) groups excluding carboxylic acids is 2. The van der Waals surface area contributed by atoms with Crippen molar-refractivity contribution in [3.8, 4) is 0 Å². The summed E-state index contributed by atoms with van der Waals surface area (Å²) < 4.78 is 0. The summed E-state index contributed by atoms with van der Waals surface area (Å²) in [6.07, 6.45) is 6.35. The van der Waals surface area contributed by atoms with Crippen LogP contribution in [0.1, 0.15) is 56.3 Å². The van der Waals surface area contributed by atoms with Crippen molar-refractivity contribution in [1.82, 2.24) is 0 Å². The fourth-order valence-electron chi connectivity index (χ4n) is 1.92. The molecule has 0 atom stereocenters. The Balaban J connectivity index is 2.52. The van der Waals surface area contributed by atoms with Gasteiger partial charge in [-0.15, -0.1) is 0 Å². The minimum Gasteiger partial charge on any atom is -0.295 e. The van der Waals surface area contributed by atoms with E-state index in [0.29, 0.717) is 17.6 Å². The van der Waals surface area contributed by atoms with E-state index in [1.54, 1.807) is 19.1 Å². The third-order valence-electron chi connectivity index (χ3n) is 3.05. The third kappa shape index (κ3) is 5.64. The van der Waals surface area contributed by atoms with Crippen LogP contribution in [-0.2, 0) is 4.79 Å². The van der Waals surface area contributed by atoms with Crippen LogP contribution in [0.2, 0.25) is 0 Å². The van der Waals surface area contributed by atoms with Crippen molar-refractivity contribution in [3.63, 3.8) is 0 Å². The van der Waals surface area contributed by atoms with E-state index in [0.717, 1.165) is 19.3 Å². The quantitative estimate of drug-likeness (QED) is 0.394. The second-order valence-electron chi connectivity index (χ2n) is 4.80. The van der Waals surface area contributed by atoms with Crippen molar-refractivity contribution in [2.24, 2.45) is 0 Å². The Hall–Kier alpha value is -1.70. The number of unbranched alkanes of at least 4 members (excludes halogenated alkanes) is 3. The van der Waals surface area contributed by atoms with E-state index in [1.807, 2.05) is 18.2 Å². The maximum atomic E-state index is 12.0. The normalized spacial score (nSPS) is 11.4. The topological polar surface area (TPSA) is 34.1 Å². The minimum atomic E-state index is -0.0671. The molecule has 0 radical (unpaired) electrons. The molecule has 0 aliphatic rings. The zero-order valence-electron chi connectivity index (χ0n) is 11.8. The van der Waals surface area contributed by atoms with Crippen LogP contribution in [0.3, 0.4) is 0 Å². The molecule has 19 heavy (non-hydrogen) atoms. The second-order valence-corrected chi connectivity index (χ2v) is 4.80. The molecule has 0 aromatic heterocycles. The molecule has 0 heterocycles. The van der Waals surface area contributed by atoms with Gasteiger partial charge in [0.25, 0.3) is 0 Å². The van der Waals surface area contributed by atoms with E-state index < -0.39 is 0 Å². The molecule has 1 rings (SSSR count). The number of hydrogen-bond donors (Lipinski definition) is 0. The number of Topliss-reactive ketones (excluding diaryl/α,β-unsaturated/α-hetero) is 1. The minimum absolute atomic E-state index is 0.0536. The Morgan fingerprint density at radius 3 is 2.37 bits per heavy atom. The molecule has 0 aliphatic heterocycles. The van der Waals surface area contributed by atoms with Crippen molar-refractivity contribution in [2.45, 2.75) is 46.0 Å². The van der Waals surface area contributed by atoms with Crippen LogP contribution in [0.15, 0.2) is 42.0 Å². The summed E-state index contributed by atoms with van der Waals surface area (Å²) in [5.41, 5.74) is 1.15. The number of carbonyl (C=O) groups is 2. The second kappa shape index (κ2) is 8.41. The lowest BCUT2D eigenvalue weighted by molar-refractivity contribution is -0.114. The Bertz CT molecular complexity index is 444. The molecule has 0 aliphatic carbocycles. The highest BCUT2D eigenvalue weighted by Gasteiger charge is 2.08. The van der Waals surface area contributed by atoms with Crippen molar-refractivity contribution in [2.75, 3.05) is 0 Å². The first kappa shape index (κ1) is 15.4. The van der Waals surface area contributed by atoms with E-state index in [2.05, 4.69) is 6.92 Å². The molecule has 2 nitrogen and oxygen atoms in total. The molecule has 0 spiro atoms. The van der Waals surface area contributed by atoms with E-state index in [9.17, 15) is 9.59 Å². The van der Waals surface area contributed by atoms with Crippen LogP contribution in [0.4, 0.5) is 0 Å². The summed E-state index contributed by atoms with van der Waals surface area (Å²) in [6, 6.07) is 9.06. The maximum absolute atomic E-state index is 12.0. The standard InChI is InChI=1S/C17H22O2/c1-3-4-5-9-12-16(18)13-14(2)17(19)15-10-7-6-8-11-15/h6-8,10-11,13H,3-5,9,12H2,1-2H3/b14-13-. The largest absolute Gasteiger partial charge is 0.295 e. The van der Waals surface area contributed by atoms with Crippen LogP contribution in [-0.4, -0.2) is 11.6 Å². The smallest absolute Gasteiger partial charge is 0.188 e. The van der Waals surface area contributed by atoms with Crippen LogP contribution in [0.5, 0.6) is 0 Å². The van der Waals surface area contributed by atoms with Crippen molar-refractivity contribution in [1.29, 1.82) is 0 Å². The van der Waals surface area contributed by atoms with Crippen molar-refractivity contribution < 1.29 is 9.59 Å². The monoisotopic (exact) mass is 258 g/mol. The van der Waals surface area contributed by atoms with Crippen LogP contribution in [0, 0.1) is 0 Å². The summed E-state index contributed by atoms with van der Waals surface area (Å²) >= 11 is 0. The van der Waals surface area contributed by atoms with Gasteiger partial charge in [0.15, 0.2) is 11.6 Å². The van der Waals surface area contributed by atoms with Gasteiger partial charge in [-0.3, -0.25) is 9.59 Å². The highest BCUT2D eigenvalue weighted by atomic mass is 16.1. The van der Waals surface area contributed by atoms with Gasteiger partial charge < -0.3 is 0 Å². The van der Waals surface area contributed by atoms with Gasteiger partial charge in [-0.25, -0.2) is 0 Å². The SMILES string of the molecule is CCCCCCC(=O)/C=C(/C)C(=O)c1ccccc1. The van der Waals surface area contributed by atoms with E-state index in [1.165, 1.54) is 12.5 Å². The Morgan fingerprint density at radius 1 is 1.05 bits per heavy atom. The zero-order chi connectivity index (χ0) is 14.1. The van der Waals surface area contributed by atoms with Gasteiger partial charge in [0, 0.05) is 17.6 Å². The van der Waals surface area contributed by atoms with E-state index in [-0.39, 0.29) is 11.6 Å². The average Bonchev–Trinajstić information content (AvgIpc) is 2.43. The molecule has 0 fully saturated rings. The highest BCUT2D eigenvalue weighted by Crippen LogP contribution is 2.09. The van der Waals surface area contributed by atoms with Gasteiger partial charge in [-0.1, -0.05) is 56.5 Å². The molecule has 0 bridgehead atoms.